The maximum Gasteiger partial charge on any atom is 0.165 e. The first-order chi connectivity index (χ1) is 7.63. The second kappa shape index (κ2) is 5.58. The predicted molar refractivity (Wildman–Crippen MR) is 56.9 cm³/mol. The van der Waals surface area contributed by atoms with Crippen molar-refractivity contribution in [2.75, 3.05) is 7.11 Å². The number of hydrogen-bond donors (Lipinski definition) is 0. The third-order valence-corrected chi connectivity index (χ3v) is 2.47. The Hall–Kier alpha value is -1.45. The Kier molecular flexibility index (Phi) is 4.40. The molecule has 16 heavy (non-hydrogen) atoms. The van der Waals surface area contributed by atoms with Crippen LogP contribution in [0.2, 0.25) is 0 Å². The monoisotopic (exact) mass is 228 g/mol. The Bertz CT molecular complexity index is 378. The first-order valence-electron chi connectivity index (χ1n) is 5.00. The number of ether oxygens (including phenoxy) is 1. The topological polar surface area (TPSA) is 26.3 Å². The zero-order valence-corrected chi connectivity index (χ0v) is 9.30. The van der Waals surface area contributed by atoms with Crippen molar-refractivity contribution in [1.82, 2.24) is 0 Å². The first kappa shape index (κ1) is 12.6. The minimum atomic E-state index is -0.734. The van der Waals surface area contributed by atoms with Crippen molar-refractivity contribution < 1.29 is 18.3 Å². The molecule has 1 aromatic rings. The van der Waals surface area contributed by atoms with E-state index < -0.39 is 12.5 Å². The van der Waals surface area contributed by atoms with E-state index in [0.29, 0.717) is 5.56 Å². The number of rotatable bonds is 5. The molecule has 0 fully saturated rings. The number of alkyl halides is 1. The van der Waals surface area contributed by atoms with Crippen LogP contribution >= 0.6 is 0 Å². The van der Waals surface area contributed by atoms with Crippen molar-refractivity contribution in [3.8, 4) is 5.75 Å². The molecule has 1 rings (SSSR count). The van der Waals surface area contributed by atoms with Gasteiger partial charge in [0.2, 0.25) is 0 Å². The lowest BCUT2D eigenvalue weighted by atomic mass is 9.95. The molecule has 0 radical (unpaired) electrons. The fraction of sp³-hybridized carbons (Fsp3) is 0.417. The molecule has 0 aliphatic rings. The van der Waals surface area contributed by atoms with Crippen LogP contribution in [0.25, 0.3) is 0 Å². The van der Waals surface area contributed by atoms with Gasteiger partial charge in [-0.1, -0.05) is 6.92 Å². The van der Waals surface area contributed by atoms with Gasteiger partial charge in [-0.25, -0.2) is 8.78 Å². The van der Waals surface area contributed by atoms with E-state index in [1.807, 2.05) is 0 Å². The Morgan fingerprint density at radius 2 is 2.19 bits per heavy atom. The van der Waals surface area contributed by atoms with Gasteiger partial charge in [0.1, 0.15) is 13.0 Å². The molecule has 0 aromatic heterocycles. The number of halogens is 2. The summed E-state index contributed by atoms with van der Waals surface area (Å²) in [5.41, 5.74) is 0.785. The number of carbonyl (C=O) groups excluding carboxylic acids is 1. The number of aldehydes is 1. The summed E-state index contributed by atoms with van der Waals surface area (Å²) in [6, 6.07) is 2.64. The number of hydrogen-bond acceptors (Lipinski definition) is 2. The van der Waals surface area contributed by atoms with Crippen LogP contribution in [-0.2, 0) is 11.5 Å². The number of methoxy groups -OCH3 is 1. The summed E-state index contributed by atoms with van der Waals surface area (Å²) in [4.78, 5) is 10.4. The molecule has 2 nitrogen and oxygen atoms in total. The molecular formula is C12H14F2O2. The average Bonchev–Trinajstić information content (AvgIpc) is 2.28. The van der Waals surface area contributed by atoms with Crippen LogP contribution in [0.5, 0.6) is 5.75 Å². The normalized spacial score (nSPS) is 12.2. The van der Waals surface area contributed by atoms with Gasteiger partial charge in [0.25, 0.3) is 0 Å². The van der Waals surface area contributed by atoms with Gasteiger partial charge in [-0.15, -0.1) is 0 Å². The Morgan fingerprint density at radius 1 is 1.50 bits per heavy atom. The zero-order valence-electron chi connectivity index (χ0n) is 9.30. The van der Waals surface area contributed by atoms with Gasteiger partial charge in [-0.2, -0.15) is 0 Å². The molecule has 1 atom stereocenters. The van der Waals surface area contributed by atoms with Gasteiger partial charge in [0.05, 0.1) is 7.11 Å². The van der Waals surface area contributed by atoms with Crippen molar-refractivity contribution >= 4 is 6.29 Å². The SMILES string of the molecule is COc1c(F)cc(CF)cc1C(C)CC=O. The summed E-state index contributed by atoms with van der Waals surface area (Å²) in [5.74, 6) is -0.689. The molecular weight excluding hydrogens is 214 g/mol. The average molecular weight is 228 g/mol. The second-order valence-corrected chi connectivity index (χ2v) is 3.64. The highest BCUT2D eigenvalue weighted by atomic mass is 19.1. The van der Waals surface area contributed by atoms with Crippen LogP contribution in [0.15, 0.2) is 12.1 Å². The fourth-order valence-corrected chi connectivity index (χ4v) is 1.60. The van der Waals surface area contributed by atoms with Crippen molar-refractivity contribution in [3.63, 3.8) is 0 Å². The van der Waals surface area contributed by atoms with E-state index in [0.717, 1.165) is 12.4 Å². The van der Waals surface area contributed by atoms with Crippen LogP contribution < -0.4 is 4.74 Å². The minimum Gasteiger partial charge on any atom is -0.493 e. The fourth-order valence-electron chi connectivity index (χ4n) is 1.60. The molecule has 0 saturated heterocycles. The summed E-state index contributed by atoms with van der Waals surface area (Å²) in [6.45, 7) is 1.04. The molecule has 0 heterocycles. The molecule has 0 amide bonds. The molecule has 0 bridgehead atoms. The Balaban J connectivity index is 3.21. The largest absolute Gasteiger partial charge is 0.493 e. The van der Waals surface area contributed by atoms with Gasteiger partial charge in [-0.05, 0) is 23.6 Å². The van der Waals surface area contributed by atoms with Gasteiger partial charge >= 0.3 is 0 Å². The molecule has 0 saturated carbocycles. The molecule has 0 spiro atoms. The van der Waals surface area contributed by atoms with Crippen molar-refractivity contribution in [2.24, 2.45) is 0 Å². The van der Waals surface area contributed by atoms with E-state index in [1.54, 1.807) is 6.92 Å². The smallest absolute Gasteiger partial charge is 0.165 e. The summed E-state index contributed by atoms with van der Waals surface area (Å²) in [7, 11) is 1.35. The van der Waals surface area contributed by atoms with Crippen molar-refractivity contribution in [3.05, 3.63) is 29.1 Å². The Morgan fingerprint density at radius 3 is 2.69 bits per heavy atom. The van der Waals surface area contributed by atoms with Crippen LogP contribution in [0.1, 0.15) is 30.4 Å². The third kappa shape index (κ3) is 2.56. The van der Waals surface area contributed by atoms with E-state index in [1.165, 1.54) is 13.2 Å². The van der Waals surface area contributed by atoms with E-state index in [4.69, 9.17) is 4.74 Å². The lowest BCUT2D eigenvalue weighted by Gasteiger charge is -2.15. The number of carbonyl (C=O) groups is 1. The summed E-state index contributed by atoms with van der Waals surface area (Å²) in [5, 5.41) is 0. The van der Waals surface area contributed by atoms with E-state index >= 15 is 0 Å². The van der Waals surface area contributed by atoms with Crippen molar-refractivity contribution in [2.45, 2.75) is 25.9 Å². The van der Waals surface area contributed by atoms with E-state index in [9.17, 15) is 13.6 Å². The Labute approximate surface area is 93.2 Å². The standard InChI is InChI=1S/C12H14F2O2/c1-8(3-4-15)10-5-9(7-13)6-11(14)12(10)16-2/h4-6,8H,3,7H2,1-2H3. The van der Waals surface area contributed by atoms with Crippen LogP contribution in [0.3, 0.4) is 0 Å². The van der Waals surface area contributed by atoms with Crippen LogP contribution in [0, 0.1) is 5.82 Å². The van der Waals surface area contributed by atoms with Crippen LogP contribution in [0.4, 0.5) is 8.78 Å². The molecule has 0 N–H and O–H groups in total. The second-order valence-electron chi connectivity index (χ2n) is 3.64. The molecule has 0 aliphatic carbocycles. The van der Waals surface area contributed by atoms with Gasteiger partial charge < -0.3 is 9.53 Å². The minimum absolute atomic E-state index is 0.0894. The molecule has 1 unspecified atom stereocenters. The highest BCUT2D eigenvalue weighted by Gasteiger charge is 2.16. The maximum absolute atomic E-state index is 13.5. The van der Waals surface area contributed by atoms with Gasteiger partial charge in [-0.3, -0.25) is 0 Å². The third-order valence-electron chi connectivity index (χ3n) is 2.47. The highest BCUT2D eigenvalue weighted by molar-refractivity contribution is 5.53. The predicted octanol–water partition coefficient (Wildman–Crippen LogP) is 3.00. The quantitative estimate of drug-likeness (QED) is 0.724. The van der Waals surface area contributed by atoms with Gasteiger partial charge in [0, 0.05) is 12.0 Å². The number of benzene rings is 1. The van der Waals surface area contributed by atoms with Crippen LogP contribution in [-0.4, -0.2) is 13.4 Å². The lowest BCUT2D eigenvalue weighted by molar-refractivity contribution is -0.108. The summed E-state index contributed by atoms with van der Waals surface area (Å²) < 4.78 is 30.9. The maximum atomic E-state index is 13.5. The lowest BCUT2D eigenvalue weighted by Crippen LogP contribution is -2.02. The summed E-state index contributed by atoms with van der Waals surface area (Å²) in [6.07, 6.45) is 1.01. The molecule has 1 aromatic carbocycles. The van der Waals surface area contributed by atoms with E-state index in [2.05, 4.69) is 0 Å². The molecule has 4 heteroatoms. The van der Waals surface area contributed by atoms with Crippen molar-refractivity contribution in [1.29, 1.82) is 0 Å². The zero-order chi connectivity index (χ0) is 12.1. The first-order valence-corrected chi connectivity index (χ1v) is 5.00. The molecule has 88 valence electrons. The molecule has 0 aliphatic heterocycles. The van der Waals surface area contributed by atoms with E-state index in [-0.39, 0.29) is 23.7 Å². The van der Waals surface area contributed by atoms with Gasteiger partial charge in [0.15, 0.2) is 11.6 Å². The highest BCUT2D eigenvalue weighted by Crippen LogP contribution is 2.32. The summed E-state index contributed by atoms with van der Waals surface area (Å²) >= 11 is 0.